The SMILES string of the molecule is Cc1cc(-c2ccc(Cl)cc2)c2c(n1)C(O)CCC2. The third-order valence-electron chi connectivity index (χ3n) is 3.66. The zero-order valence-corrected chi connectivity index (χ0v) is 11.6. The van der Waals surface area contributed by atoms with Gasteiger partial charge in [-0.1, -0.05) is 23.7 Å². The Bertz CT molecular complexity index is 607. The van der Waals surface area contributed by atoms with Gasteiger partial charge in [0.05, 0.1) is 11.8 Å². The van der Waals surface area contributed by atoms with Gasteiger partial charge in [-0.05, 0) is 61.1 Å². The van der Waals surface area contributed by atoms with Crippen LogP contribution in [0.15, 0.2) is 30.3 Å². The first-order chi connectivity index (χ1) is 9.15. The number of fused-ring (bicyclic) bond motifs is 1. The van der Waals surface area contributed by atoms with E-state index in [0.29, 0.717) is 0 Å². The van der Waals surface area contributed by atoms with Crippen LogP contribution in [0.3, 0.4) is 0 Å². The van der Waals surface area contributed by atoms with E-state index in [4.69, 9.17) is 11.6 Å². The van der Waals surface area contributed by atoms with Crippen LogP contribution < -0.4 is 0 Å². The maximum atomic E-state index is 10.1. The summed E-state index contributed by atoms with van der Waals surface area (Å²) in [5, 5.41) is 10.9. The standard InChI is InChI=1S/C16H16ClNO/c1-10-9-14(11-5-7-12(17)8-6-11)13-3-2-4-15(19)16(13)18-10/h5-9,15,19H,2-4H2,1H3. The van der Waals surface area contributed by atoms with E-state index in [0.717, 1.165) is 41.2 Å². The maximum Gasteiger partial charge on any atom is 0.0963 e. The van der Waals surface area contributed by atoms with Crippen LogP contribution in [0.25, 0.3) is 11.1 Å². The molecular formula is C16H16ClNO. The van der Waals surface area contributed by atoms with Gasteiger partial charge in [-0.15, -0.1) is 0 Å². The highest BCUT2D eigenvalue weighted by Crippen LogP contribution is 2.35. The second kappa shape index (κ2) is 4.95. The van der Waals surface area contributed by atoms with E-state index < -0.39 is 6.10 Å². The molecular weight excluding hydrogens is 258 g/mol. The molecule has 0 saturated heterocycles. The van der Waals surface area contributed by atoms with Crippen LogP contribution in [0.4, 0.5) is 0 Å². The Morgan fingerprint density at radius 1 is 1.26 bits per heavy atom. The van der Waals surface area contributed by atoms with Crippen molar-refractivity contribution in [1.29, 1.82) is 0 Å². The number of aryl methyl sites for hydroxylation is 1. The number of aliphatic hydroxyl groups excluding tert-OH is 1. The molecule has 0 fully saturated rings. The monoisotopic (exact) mass is 273 g/mol. The van der Waals surface area contributed by atoms with Gasteiger partial charge in [0, 0.05) is 10.7 Å². The highest BCUT2D eigenvalue weighted by atomic mass is 35.5. The summed E-state index contributed by atoms with van der Waals surface area (Å²) >= 11 is 5.94. The molecule has 0 saturated carbocycles. The van der Waals surface area contributed by atoms with Crippen molar-refractivity contribution in [1.82, 2.24) is 4.98 Å². The molecule has 1 heterocycles. The second-order valence-electron chi connectivity index (χ2n) is 5.09. The third kappa shape index (κ3) is 2.38. The van der Waals surface area contributed by atoms with Crippen molar-refractivity contribution in [2.75, 3.05) is 0 Å². The van der Waals surface area contributed by atoms with Crippen LogP contribution in [-0.4, -0.2) is 10.1 Å². The molecule has 19 heavy (non-hydrogen) atoms. The molecule has 0 amide bonds. The molecule has 0 radical (unpaired) electrons. The Kier molecular flexibility index (Phi) is 3.29. The van der Waals surface area contributed by atoms with Gasteiger partial charge < -0.3 is 5.11 Å². The fourth-order valence-electron chi connectivity index (χ4n) is 2.76. The minimum absolute atomic E-state index is 0.422. The van der Waals surface area contributed by atoms with E-state index in [1.807, 2.05) is 31.2 Å². The minimum atomic E-state index is -0.422. The second-order valence-corrected chi connectivity index (χ2v) is 5.53. The van der Waals surface area contributed by atoms with Crippen LogP contribution in [0, 0.1) is 6.92 Å². The summed E-state index contributed by atoms with van der Waals surface area (Å²) < 4.78 is 0. The largest absolute Gasteiger partial charge is 0.387 e. The van der Waals surface area contributed by atoms with Crippen LogP contribution in [0.2, 0.25) is 5.02 Å². The fraction of sp³-hybridized carbons (Fsp3) is 0.312. The van der Waals surface area contributed by atoms with E-state index in [2.05, 4.69) is 11.1 Å². The van der Waals surface area contributed by atoms with Gasteiger partial charge in [-0.3, -0.25) is 4.98 Å². The number of hydrogen-bond acceptors (Lipinski definition) is 2. The number of rotatable bonds is 1. The smallest absolute Gasteiger partial charge is 0.0963 e. The number of hydrogen-bond donors (Lipinski definition) is 1. The van der Waals surface area contributed by atoms with Gasteiger partial charge in [0.15, 0.2) is 0 Å². The van der Waals surface area contributed by atoms with E-state index in [9.17, 15) is 5.11 Å². The maximum absolute atomic E-state index is 10.1. The summed E-state index contributed by atoms with van der Waals surface area (Å²) in [5.41, 5.74) is 5.31. The van der Waals surface area contributed by atoms with Gasteiger partial charge >= 0.3 is 0 Å². The lowest BCUT2D eigenvalue weighted by Gasteiger charge is -2.23. The lowest BCUT2D eigenvalue weighted by molar-refractivity contribution is 0.151. The molecule has 1 unspecified atom stereocenters. The average Bonchev–Trinajstić information content (AvgIpc) is 2.40. The van der Waals surface area contributed by atoms with Crippen LogP contribution in [0.1, 0.15) is 35.9 Å². The molecule has 2 aromatic rings. The number of aromatic nitrogens is 1. The van der Waals surface area contributed by atoms with Gasteiger partial charge in [0.2, 0.25) is 0 Å². The van der Waals surface area contributed by atoms with Crippen LogP contribution >= 0.6 is 11.6 Å². The van der Waals surface area contributed by atoms with Crippen molar-refractivity contribution in [3.05, 3.63) is 52.3 Å². The minimum Gasteiger partial charge on any atom is -0.387 e. The molecule has 1 N–H and O–H groups in total. The van der Waals surface area contributed by atoms with Gasteiger partial charge in [-0.2, -0.15) is 0 Å². The molecule has 0 aliphatic heterocycles. The predicted molar refractivity (Wildman–Crippen MR) is 77.3 cm³/mol. The molecule has 98 valence electrons. The van der Waals surface area contributed by atoms with Crippen molar-refractivity contribution >= 4 is 11.6 Å². The summed E-state index contributed by atoms with van der Waals surface area (Å²) in [6.45, 7) is 1.97. The average molecular weight is 274 g/mol. The first-order valence-corrected chi connectivity index (χ1v) is 6.97. The summed E-state index contributed by atoms with van der Waals surface area (Å²) in [4.78, 5) is 4.52. The highest BCUT2D eigenvalue weighted by Gasteiger charge is 2.22. The van der Waals surface area contributed by atoms with Gasteiger partial charge in [0.25, 0.3) is 0 Å². The lowest BCUT2D eigenvalue weighted by atomic mass is 9.87. The molecule has 3 rings (SSSR count). The van der Waals surface area contributed by atoms with Crippen LogP contribution in [0.5, 0.6) is 0 Å². The molecule has 0 spiro atoms. The molecule has 0 bridgehead atoms. The quantitative estimate of drug-likeness (QED) is 0.849. The summed E-state index contributed by atoms with van der Waals surface area (Å²) in [5.74, 6) is 0. The Balaban J connectivity index is 2.18. The zero-order chi connectivity index (χ0) is 13.4. The van der Waals surface area contributed by atoms with E-state index in [1.165, 1.54) is 11.1 Å². The van der Waals surface area contributed by atoms with Gasteiger partial charge in [-0.25, -0.2) is 0 Å². The third-order valence-corrected chi connectivity index (χ3v) is 3.91. The number of pyridine rings is 1. The van der Waals surface area contributed by atoms with Gasteiger partial charge in [0.1, 0.15) is 0 Å². The summed E-state index contributed by atoms with van der Waals surface area (Å²) in [6.07, 6.45) is 2.38. The Hall–Kier alpha value is -1.38. The van der Waals surface area contributed by atoms with E-state index in [1.54, 1.807) is 0 Å². The number of benzene rings is 1. The number of aliphatic hydroxyl groups is 1. The first-order valence-electron chi connectivity index (χ1n) is 6.59. The normalized spacial score (nSPS) is 18.2. The van der Waals surface area contributed by atoms with E-state index >= 15 is 0 Å². The molecule has 1 aromatic heterocycles. The molecule has 3 heteroatoms. The van der Waals surface area contributed by atoms with Crippen molar-refractivity contribution in [3.8, 4) is 11.1 Å². The lowest BCUT2D eigenvalue weighted by Crippen LogP contribution is -2.13. The van der Waals surface area contributed by atoms with Crippen molar-refractivity contribution < 1.29 is 5.11 Å². The molecule has 1 aliphatic rings. The molecule has 2 nitrogen and oxygen atoms in total. The first kappa shape index (κ1) is 12.6. The Labute approximate surface area is 118 Å². The van der Waals surface area contributed by atoms with Crippen LogP contribution in [-0.2, 0) is 6.42 Å². The Morgan fingerprint density at radius 3 is 2.74 bits per heavy atom. The summed E-state index contributed by atoms with van der Waals surface area (Å²) in [6, 6.07) is 9.95. The molecule has 1 atom stereocenters. The predicted octanol–water partition coefficient (Wildman–Crippen LogP) is 4.08. The summed E-state index contributed by atoms with van der Waals surface area (Å²) in [7, 11) is 0. The van der Waals surface area contributed by atoms with Crippen molar-refractivity contribution in [2.45, 2.75) is 32.3 Å². The highest BCUT2D eigenvalue weighted by molar-refractivity contribution is 6.30. The number of halogens is 1. The topological polar surface area (TPSA) is 33.1 Å². The Morgan fingerprint density at radius 2 is 2.00 bits per heavy atom. The van der Waals surface area contributed by atoms with Crippen molar-refractivity contribution in [3.63, 3.8) is 0 Å². The van der Waals surface area contributed by atoms with E-state index in [-0.39, 0.29) is 0 Å². The molecule has 1 aromatic carbocycles. The fourth-order valence-corrected chi connectivity index (χ4v) is 2.88. The van der Waals surface area contributed by atoms with Crippen molar-refractivity contribution in [2.24, 2.45) is 0 Å². The zero-order valence-electron chi connectivity index (χ0n) is 10.9. The number of nitrogens with zero attached hydrogens (tertiary/aromatic N) is 1. The molecule has 1 aliphatic carbocycles.